The van der Waals surface area contributed by atoms with E-state index in [-0.39, 0.29) is 16.5 Å². The molecule has 0 amide bonds. The Morgan fingerprint density at radius 1 is 1.33 bits per heavy atom. The molecule has 0 saturated heterocycles. The van der Waals surface area contributed by atoms with Crippen LogP contribution < -0.4 is 14.9 Å². The number of nitrogens with one attached hydrogen (secondary N) is 3. The molecule has 0 spiro atoms. The molecule has 3 rings (SSSR count). The van der Waals surface area contributed by atoms with Gasteiger partial charge in [-0.3, -0.25) is 4.79 Å². The molecular formula is C12H15N3O4S2. The summed E-state index contributed by atoms with van der Waals surface area (Å²) in [7, 11) is -3.71. The van der Waals surface area contributed by atoms with E-state index >= 15 is 0 Å². The van der Waals surface area contributed by atoms with Crippen LogP contribution in [0.1, 0.15) is 24.3 Å². The first kappa shape index (κ1) is 14.5. The lowest BCUT2D eigenvalue weighted by atomic mass is 10.4. The van der Waals surface area contributed by atoms with E-state index in [0.717, 1.165) is 24.2 Å². The van der Waals surface area contributed by atoms with Gasteiger partial charge in [0.1, 0.15) is 5.76 Å². The van der Waals surface area contributed by atoms with E-state index in [1.54, 1.807) is 11.4 Å². The molecule has 114 valence electrons. The van der Waals surface area contributed by atoms with E-state index in [4.69, 9.17) is 4.42 Å². The molecular weight excluding hydrogens is 314 g/mol. The second-order valence-corrected chi connectivity index (χ2v) is 7.41. The second-order valence-electron chi connectivity index (χ2n) is 4.87. The van der Waals surface area contributed by atoms with Crippen LogP contribution >= 0.6 is 11.3 Å². The van der Waals surface area contributed by atoms with Crippen molar-refractivity contribution in [3.8, 4) is 0 Å². The smallest absolute Gasteiger partial charge is 0.304 e. The molecule has 9 heteroatoms. The number of hydrogen-bond donors (Lipinski definition) is 3. The molecule has 0 unspecified atom stereocenters. The molecule has 0 aromatic carbocycles. The van der Waals surface area contributed by atoms with Crippen LogP contribution in [-0.4, -0.2) is 19.4 Å². The molecule has 0 radical (unpaired) electrons. The molecule has 7 nitrogen and oxygen atoms in total. The highest BCUT2D eigenvalue weighted by Gasteiger charge is 2.22. The Balaban J connectivity index is 1.61. The van der Waals surface area contributed by atoms with Crippen LogP contribution in [0, 0.1) is 0 Å². The first-order valence-corrected chi connectivity index (χ1v) is 8.88. The van der Waals surface area contributed by atoms with Gasteiger partial charge >= 0.3 is 4.87 Å². The standard InChI is InChI=1S/C12H15N3O4S2/c16-12-15-9(7-20-12)5-14-21(17,18)11-4-3-10(19-11)6-13-8-1-2-8/h3-4,7-8,13-14H,1-2,5-6H2,(H,15,16). The Morgan fingerprint density at radius 2 is 2.14 bits per heavy atom. The number of aromatic nitrogens is 1. The first-order chi connectivity index (χ1) is 10.0. The van der Waals surface area contributed by atoms with E-state index in [1.165, 1.54) is 6.07 Å². The maximum atomic E-state index is 12.1. The molecule has 2 heterocycles. The van der Waals surface area contributed by atoms with E-state index in [9.17, 15) is 13.2 Å². The van der Waals surface area contributed by atoms with Gasteiger partial charge in [-0.2, -0.15) is 0 Å². The Morgan fingerprint density at radius 3 is 2.81 bits per heavy atom. The molecule has 0 aliphatic heterocycles. The van der Waals surface area contributed by atoms with Crippen LogP contribution in [0.4, 0.5) is 0 Å². The number of furan rings is 1. The first-order valence-electron chi connectivity index (χ1n) is 6.51. The number of H-pyrrole nitrogens is 1. The largest absolute Gasteiger partial charge is 0.447 e. The van der Waals surface area contributed by atoms with Crippen molar-refractivity contribution < 1.29 is 12.8 Å². The Hall–Kier alpha value is -1.42. The van der Waals surface area contributed by atoms with Crippen molar-refractivity contribution in [3.63, 3.8) is 0 Å². The van der Waals surface area contributed by atoms with Gasteiger partial charge in [-0.15, -0.1) is 0 Å². The van der Waals surface area contributed by atoms with Crippen LogP contribution in [0.2, 0.25) is 0 Å². The average molecular weight is 329 g/mol. The van der Waals surface area contributed by atoms with Gasteiger partial charge < -0.3 is 14.7 Å². The fraction of sp³-hybridized carbons (Fsp3) is 0.417. The van der Waals surface area contributed by atoms with Gasteiger partial charge in [0.15, 0.2) is 0 Å². The van der Waals surface area contributed by atoms with E-state index in [0.29, 0.717) is 24.0 Å². The third kappa shape index (κ3) is 3.82. The summed E-state index contributed by atoms with van der Waals surface area (Å²) in [6.07, 6.45) is 2.32. The maximum Gasteiger partial charge on any atom is 0.304 e. The van der Waals surface area contributed by atoms with Crippen molar-refractivity contribution in [1.29, 1.82) is 0 Å². The third-order valence-electron chi connectivity index (χ3n) is 3.07. The molecule has 21 heavy (non-hydrogen) atoms. The van der Waals surface area contributed by atoms with Gasteiger partial charge in [-0.1, -0.05) is 11.3 Å². The third-order valence-corrected chi connectivity index (χ3v) is 5.06. The van der Waals surface area contributed by atoms with Crippen molar-refractivity contribution in [3.05, 3.63) is 38.6 Å². The fourth-order valence-corrected chi connectivity index (χ4v) is 3.31. The van der Waals surface area contributed by atoms with Gasteiger partial charge in [0.25, 0.3) is 10.0 Å². The average Bonchev–Trinajstić information content (AvgIpc) is 2.97. The minimum atomic E-state index is -3.71. The van der Waals surface area contributed by atoms with Gasteiger partial charge in [-0.25, -0.2) is 13.1 Å². The normalized spacial score (nSPS) is 15.4. The SMILES string of the molecule is O=c1[nH]c(CNS(=O)(=O)c2ccc(CNC3CC3)o2)cs1. The topological polar surface area (TPSA) is 104 Å². The van der Waals surface area contributed by atoms with Crippen LogP contribution in [-0.2, 0) is 23.1 Å². The van der Waals surface area contributed by atoms with Gasteiger partial charge in [0, 0.05) is 17.1 Å². The molecule has 1 aliphatic carbocycles. The lowest BCUT2D eigenvalue weighted by molar-refractivity contribution is 0.399. The summed E-state index contributed by atoms with van der Waals surface area (Å²) >= 11 is 0.992. The van der Waals surface area contributed by atoms with Gasteiger partial charge in [0.05, 0.1) is 13.1 Å². The molecule has 1 fully saturated rings. The molecule has 2 aromatic heterocycles. The van der Waals surface area contributed by atoms with Crippen molar-refractivity contribution in [2.24, 2.45) is 0 Å². The van der Waals surface area contributed by atoms with Gasteiger partial charge in [-0.05, 0) is 25.0 Å². The molecule has 3 N–H and O–H groups in total. The Bertz CT molecular complexity index is 770. The van der Waals surface area contributed by atoms with Crippen LogP contribution in [0.3, 0.4) is 0 Å². The molecule has 0 atom stereocenters. The summed E-state index contributed by atoms with van der Waals surface area (Å²) < 4.78 is 31.9. The van der Waals surface area contributed by atoms with Crippen LogP contribution in [0.5, 0.6) is 0 Å². The molecule has 2 aromatic rings. The lowest BCUT2D eigenvalue weighted by Gasteiger charge is -2.02. The van der Waals surface area contributed by atoms with Crippen molar-refractivity contribution in [2.45, 2.75) is 37.1 Å². The Kier molecular flexibility index (Phi) is 3.98. The molecule has 1 aliphatic rings. The van der Waals surface area contributed by atoms with E-state index in [2.05, 4.69) is 15.0 Å². The zero-order valence-electron chi connectivity index (χ0n) is 11.1. The van der Waals surface area contributed by atoms with E-state index in [1.807, 2.05) is 0 Å². The molecule has 1 saturated carbocycles. The maximum absolute atomic E-state index is 12.1. The van der Waals surface area contributed by atoms with E-state index < -0.39 is 10.0 Å². The summed E-state index contributed by atoms with van der Waals surface area (Å²) in [5.41, 5.74) is 0.524. The predicted octanol–water partition coefficient (Wildman–Crippen LogP) is 0.760. The quantitative estimate of drug-likeness (QED) is 0.696. The summed E-state index contributed by atoms with van der Waals surface area (Å²) in [4.78, 5) is 13.3. The van der Waals surface area contributed by atoms with Crippen LogP contribution in [0.15, 0.2) is 31.8 Å². The predicted molar refractivity (Wildman–Crippen MR) is 77.5 cm³/mol. The minimum Gasteiger partial charge on any atom is -0.447 e. The van der Waals surface area contributed by atoms with Crippen LogP contribution in [0.25, 0.3) is 0 Å². The summed E-state index contributed by atoms with van der Waals surface area (Å²) in [6, 6.07) is 3.61. The van der Waals surface area contributed by atoms with Crippen molar-refractivity contribution >= 4 is 21.4 Å². The number of aromatic amines is 1. The fourth-order valence-electron chi connectivity index (χ4n) is 1.77. The van der Waals surface area contributed by atoms with Crippen molar-refractivity contribution in [2.75, 3.05) is 0 Å². The van der Waals surface area contributed by atoms with Crippen molar-refractivity contribution in [1.82, 2.24) is 15.0 Å². The Labute approximate surface area is 125 Å². The number of thiazole rings is 1. The summed E-state index contributed by atoms with van der Waals surface area (Å²) in [6.45, 7) is 0.551. The lowest BCUT2D eigenvalue weighted by Crippen LogP contribution is -2.23. The minimum absolute atomic E-state index is 0.0252. The highest BCUT2D eigenvalue weighted by molar-refractivity contribution is 7.89. The highest BCUT2D eigenvalue weighted by Crippen LogP contribution is 2.20. The zero-order chi connectivity index (χ0) is 14.9. The monoisotopic (exact) mass is 329 g/mol. The zero-order valence-corrected chi connectivity index (χ0v) is 12.7. The summed E-state index contributed by atoms with van der Waals surface area (Å²) in [5.74, 6) is 0.589. The number of hydrogen-bond acceptors (Lipinski definition) is 6. The number of sulfonamides is 1. The number of rotatable bonds is 7. The molecule has 0 bridgehead atoms. The second kappa shape index (κ2) is 5.76. The van der Waals surface area contributed by atoms with Gasteiger partial charge in [0.2, 0.25) is 5.09 Å². The summed E-state index contributed by atoms with van der Waals surface area (Å²) in [5, 5.41) is 4.71. The highest BCUT2D eigenvalue weighted by atomic mass is 32.2.